The molecule has 42 valence electrons. The van der Waals surface area contributed by atoms with Gasteiger partial charge in [0.2, 0.25) is 0 Å². The maximum Gasteiger partial charge on any atom is 0.0323 e. The molecule has 1 aliphatic carbocycles. The van der Waals surface area contributed by atoms with E-state index in [1.165, 1.54) is 3.58 Å². The van der Waals surface area contributed by atoms with E-state index in [1.54, 1.807) is 0 Å². The monoisotopic (exact) mass is 236 g/mol. The Morgan fingerprint density at radius 1 is 1.62 bits per heavy atom. The second-order valence-corrected chi connectivity index (χ2v) is 3.23. The van der Waals surface area contributed by atoms with Crippen molar-refractivity contribution in [1.29, 1.82) is 0 Å². The van der Waals surface area contributed by atoms with Crippen molar-refractivity contribution in [2.45, 2.75) is 6.42 Å². The molecule has 0 aromatic carbocycles. The Kier molecular flexibility index (Phi) is 2.19. The molecule has 0 radical (unpaired) electrons. The van der Waals surface area contributed by atoms with Crippen molar-refractivity contribution < 1.29 is 0 Å². The Morgan fingerprint density at radius 3 is 2.75 bits per heavy atom. The second kappa shape index (κ2) is 2.73. The van der Waals surface area contributed by atoms with Crippen LogP contribution in [0.25, 0.3) is 0 Å². The van der Waals surface area contributed by atoms with E-state index in [1.807, 2.05) is 12.2 Å². The van der Waals surface area contributed by atoms with Crippen LogP contribution in [0.2, 0.25) is 0 Å². The van der Waals surface area contributed by atoms with Crippen LogP contribution in [-0.4, -0.2) is 4.86 Å². The Balaban J connectivity index is 2.80. The Morgan fingerprint density at radius 2 is 2.38 bits per heavy atom. The van der Waals surface area contributed by atoms with Gasteiger partial charge in [0.05, 0.1) is 0 Å². The topological polar surface area (TPSA) is 0 Å². The SMILES string of the molecule is S=C1CC=CC=C1I. The molecule has 0 saturated carbocycles. The molecule has 0 unspecified atom stereocenters. The number of rotatable bonds is 0. The first kappa shape index (κ1) is 6.42. The van der Waals surface area contributed by atoms with Gasteiger partial charge < -0.3 is 0 Å². The molecule has 1 aliphatic rings. The van der Waals surface area contributed by atoms with Crippen molar-refractivity contribution in [1.82, 2.24) is 0 Å². The number of thiocarbonyl (C=S) groups is 1. The first-order chi connectivity index (χ1) is 3.80. The van der Waals surface area contributed by atoms with Crippen molar-refractivity contribution >= 4 is 39.7 Å². The molecule has 0 N–H and O–H groups in total. The minimum Gasteiger partial charge on any atom is -0.0834 e. The number of hydrogen-bond donors (Lipinski definition) is 0. The van der Waals surface area contributed by atoms with Crippen LogP contribution in [-0.2, 0) is 0 Å². The third kappa shape index (κ3) is 1.39. The normalized spacial score (nSPS) is 18.6. The average molecular weight is 236 g/mol. The molecular formula is C6H5IS. The maximum atomic E-state index is 5.00. The molecule has 0 bridgehead atoms. The van der Waals surface area contributed by atoms with Gasteiger partial charge in [0.15, 0.2) is 0 Å². The summed E-state index contributed by atoms with van der Waals surface area (Å²) < 4.78 is 1.21. The van der Waals surface area contributed by atoms with E-state index in [9.17, 15) is 0 Å². The highest BCUT2D eigenvalue weighted by atomic mass is 127. The highest BCUT2D eigenvalue weighted by molar-refractivity contribution is 14.1. The molecule has 0 heterocycles. The molecule has 0 aliphatic heterocycles. The molecule has 2 heteroatoms. The zero-order chi connectivity index (χ0) is 5.98. The van der Waals surface area contributed by atoms with Gasteiger partial charge in [-0.25, -0.2) is 0 Å². The van der Waals surface area contributed by atoms with Crippen LogP contribution < -0.4 is 0 Å². The van der Waals surface area contributed by atoms with E-state index >= 15 is 0 Å². The van der Waals surface area contributed by atoms with Crippen molar-refractivity contribution in [2.24, 2.45) is 0 Å². The zero-order valence-corrected chi connectivity index (χ0v) is 7.20. The van der Waals surface area contributed by atoms with E-state index in [0.29, 0.717) is 0 Å². The molecular weight excluding hydrogens is 231 g/mol. The van der Waals surface area contributed by atoms with Gasteiger partial charge in [0.1, 0.15) is 0 Å². The Hall–Kier alpha value is 0.300. The minimum absolute atomic E-state index is 0.949. The highest BCUT2D eigenvalue weighted by Crippen LogP contribution is 2.15. The summed E-state index contributed by atoms with van der Waals surface area (Å²) >= 11 is 7.25. The van der Waals surface area contributed by atoms with Crippen LogP contribution in [0.15, 0.2) is 21.8 Å². The average Bonchev–Trinajstić information content (AvgIpc) is 1.77. The van der Waals surface area contributed by atoms with Crippen LogP contribution in [0.5, 0.6) is 0 Å². The lowest BCUT2D eigenvalue weighted by Crippen LogP contribution is -1.93. The van der Waals surface area contributed by atoms with Crippen molar-refractivity contribution in [3.63, 3.8) is 0 Å². The van der Waals surface area contributed by atoms with Gasteiger partial charge in [-0.1, -0.05) is 24.4 Å². The Labute approximate surface area is 67.8 Å². The summed E-state index contributed by atoms with van der Waals surface area (Å²) in [4.78, 5) is 1.06. The number of hydrogen-bond acceptors (Lipinski definition) is 1. The van der Waals surface area contributed by atoms with E-state index in [-0.39, 0.29) is 0 Å². The zero-order valence-electron chi connectivity index (χ0n) is 4.23. The van der Waals surface area contributed by atoms with Gasteiger partial charge in [-0.2, -0.15) is 0 Å². The molecule has 0 amide bonds. The fourth-order valence-electron chi connectivity index (χ4n) is 0.518. The van der Waals surface area contributed by atoms with Crippen LogP contribution in [0.1, 0.15) is 6.42 Å². The van der Waals surface area contributed by atoms with Gasteiger partial charge in [-0.15, -0.1) is 0 Å². The summed E-state index contributed by atoms with van der Waals surface area (Å²) in [6, 6.07) is 0. The summed E-state index contributed by atoms with van der Waals surface area (Å²) in [5, 5.41) is 0. The molecule has 0 aromatic heterocycles. The van der Waals surface area contributed by atoms with Gasteiger partial charge in [0, 0.05) is 14.9 Å². The highest BCUT2D eigenvalue weighted by Gasteiger charge is 1.99. The Bertz CT molecular complexity index is 167. The third-order valence-electron chi connectivity index (χ3n) is 0.948. The number of allylic oxidation sites excluding steroid dienone is 4. The molecule has 0 spiro atoms. The third-order valence-corrected chi connectivity index (χ3v) is 2.71. The van der Waals surface area contributed by atoms with E-state index in [4.69, 9.17) is 12.2 Å². The molecule has 0 saturated heterocycles. The smallest absolute Gasteiger partial charge is 0.0323 e. The van der Waals surface area contributed by atoms with Crippen LogP contribution in [0.4, 0.5) is 0 Å². The van der Waals surface area contributed by atoms with Crippen LogP contribution in [0.3, 0.4) is 0 Å². The predicted molar refractivity (Wildman–Crippen MR) is 48.5 cm³/mol. The van der Waals surface area contributed by atoms with Crippen LogP contribution in [0, 0.1) is 0 Å². The van der Waals surface area contributed by atoms with Gasteiger partial charge >= 0.3 is 0 Å². The van der Waals surface area contributed by atoms with E-state index < -0.39 is 0 Å². The fourth-order valence-corrected chi connectivity index (χ4v) is 1.11. The largest absolute Gasteiger partial charge is 0.0834 e. The summed E-state index contributed by atoms with van der Waals surface area (Å²) in [6.07, 6.45) is 7.10. The molecule has 0 fully saturated rings. The second-order valence-electron chi connectivity index (χ2n) is 1.57. The van der Waals surface area contributed by atoms with Gasteiger partial charge in [-0.3, -0.25) is 0 Å². The van der Waals surface area contributed by atoms with E-state index in [0.717, 1.165) is 11.3 Å². The lowest BCUT2D eigenvalue weighted by molar-refractivity contribution is 1.50. The summed E-state index contributed by atoms with van der Waals surface area (Å²) in [5.41, 5.74) is 0. The lowest BCUT2D eigenvalue weighted by atomic mass is 10.2. The molecule has 1 rings (SSSR count). The van der Waals surface area contributed by atoms with Gasteiger partial charge in [0.25, 0.3) is 0 Å². The minimum atomic E-state index is 0.949. The van der Waals surface area contributed by atoms with Crippen molar-refractivity contribution in [3.05, 3.63) is 21.8 Å². The van der Waals surface area contributed by atoms with Crippen molar-refractivity contribution in [2.75, 3.05) is 0 Å². The van der Waals surface area contributed by atoms with E-state index in [2.05, 4.69) is 28.7 Å². The number of halogens is 1. The molecule has 0 atom stereocenters. The van der Waals surface area contributed by atoms with Crippen LogP contribution >= 0.6 is 34.8 Å². The lowest BCUT2D eigenvalue weighted by Gasteiger charge is -2.00. The molecule has 0 aromatic rings. The first-order valence-electron chi connectivity index (χ1n) is 2.36. The summed E-state index contributed by atoms with van der Waals surface area (Å²) in [7, 11) is 0. The molecule has 8 heavy (non-hydrogen) atoms. The summed E-state index contributed by atoms with van der Waals surface area (Å²) in [5.74, 6) is 0. The van der Waals surface area contributed by atoms with Gasteiger partial charge in [-0.05, 0) is 28.7 Å². The summed E-state index contributed by atoms with van der Waals surface area (Å²) in [6.45, 7) is 0. The predicted octanol–water partition coefficient (Wildman–Crippen LogP) is 2.64. The molecule has 0 nitrogen and oxygen atoms in total. The quantitative estimate of drug-likeness (QED) is 0.460. The maximum absolute atomic E-state index is 5.00. The first-order valence-corrected chi connectivity index (χ1v) is 3.85. The fraction of sp³-hybridized carbons (Fsp3) is 0.167. The van der Waals surface area contributed by atoms with Crippen molar-refractivity contribution in [3.8, 4) is 0 Å². The standard InChI is InChI=1S/C6H5IS/c7-5-3-1-2-4-6(5)8/h1-3H,4H2.